The first-order valence-electron chi connectivity index (χ1n) is 6.43. The van der Waals surface area contributed by atoms with E-state index in [0.29, 0.717) is 13.1 Å². The van der Waals surface area contributed by atoms with Crippen LogP contribution < -0.4 is 0 Å². The number of hydrogen-bond donors (Lipinski definition) is 0. The van der Waals surface area contributed by atoms with Crippen LogP contribution in [0.1, 0.15) is 25.7 Å². The Labute approximate surface area is 109 Å². The van der Waals surface area contributed by atoms with Gasteiger partial charge < -0.3 is 4.90 Å². The lowest BCUT2D eigenvalue weighted by atomic mass is 9.76. The van der Waals surface area contributed by atoms with Crippen molar-refractivity contribution in [2.75, 3.05) is 33.4 Å². The lowest BCUT2D eigenvalue weighted by molar-refractivity contribution is -0.136. The SMILES string of the molecule is CN(C)C(=O)[C@@H]1CCC[C@]12CCN(S(C)(=O)=O)C2. The van der Waals surface area contributed by atoms with Crippen LogP contribution in [0.5, 0.6) is 0 Å². The molecule has 0 aromatic heterocycles. The van der Waals surface area contributed by atoms with E-state index in [2.05, 4.69) is 0 Å². The molecule has 0 aromatic carbocycles. The summed E-state index contributed by atoms with van der Waals surface area (Å²) < 4.78 is 24.8. The van der Waals surface area contributed by atoms with E-state index in [0.717, 1.165) is 25.7 Å². The van der Waals surface area contributed by atoms with E-state index in [9.17, 15) is 13.2 Å². The summed E-state index contributed by atoms with van der Waals surface area (Å²) in [6, 6.07) is 0. The van der Waals surface area contributed by atoms with Crippen LogP contribution in [-0.4, -0.2) is 57.0 Å². The molecule has 1 spiro atoms. The Balaban J connectivity index is 2.20. The standard InChI is InChI=1S/C12H22N2O3S/c1-13(2)11(15)10-5-4-6-12(10)7-8-14(9-12)18(3,16)17/h10H,4-9H2,1-3H3/t10-,12+/m0/s1. The molecule has 0 radical (unpaired) electrons. The number of carbonyl (C=O) groups excluding carboxylic acids is 1. The number of amides is 1. The smallest absolute Gasteiger partial charge is 0.225 e. The maximum absolute atomic E-state index is 12.2. The van der Waals surface area contributed by atoms with Crippen molar-refractivity contribution in [3.8, 4) is 0 Å². The number of sulfonamides is 1. The minimum atomic E-state index is -3.13. The monoisotopic (exact) mass is 274 g/mol. The van der Waals surface area contributed by atoms with Crippen molar-refractivity contribution in [2.24, 2.45) is 11.3 Å². The van der Waals surface area contributed by atoms with Crippen molar-refractivity contribution in [1.29, 1.82) is 0 Å². The molecular weight excluding hydrogens is 252 g/mol. The van der Waals surface area contributed by atoms with Gasteiger partial charge in [-0.25, -0.2) is 12.7 Å². The van der Waals surface area contributed by atoms with Crippen molar-refractivity contribution < 1.29 is 13.2 Å². The molecular formula is C12H22N2O3S. The van der Waals surface area contributed by atoms with E-state index in [-0.39, 0.29) is 17.2 Å². The van der Waals surface area contributed by atoms with Gasteiger partial charge in [-0.15, -0.1) is 0 Å². The van der Waals surface area contributed by atoms with Crippen molar-refractivity contribution in [3.05, 3.63) is 0 Å². The highest BCUT2D eigenvalue weighted by atomic mass is 32.2. The van der Waals surface area contributed by atoms with Crippen molar-refractivity contribution in [1.82, 2.24) is 9.21 Å². The molecule has 104 valence electrons. The minimum absolute atomic E-state index is 0.000694. The molecule has 1 heterocycles. The minimum Gasteiger partial charge on any atom is -0.349 e. The zero-order chi connectivity index (χ0) is 13.6. The predicted molar refractivity (Wildman–Crippen MR) is 69.5 cm³/mol. The molecule has 2 aliphatic rings. The van der Waals surface area contributed by atoms with E-state index in [1.165, 1.54) is 10.6 Å². The molecule has 0 N–H and O–H groups in total. The number of rotatable bonds is 2. The average Bonchev–Trinajstić information content (AvgIpc) is 2.85. The van der Waals surface area contributed by atoms with Crippen LogP contribution in [0.4, 0.5) is 0 Å². The molecule has 2 atom stereocenters. The molecule has 18 heavy (non-hydrogen) atoms. The van der Waals surface area contributed by atoms with Gasteiger partial charge in [-0.05, 0) is 24.7 Å². The highest BCUT2D eigenvalue weighted by Gasteiger charge is 2.52. The van der Waals surface area contributed by atoms with E-state index in [4.69, 9.17) is 0 Å². The van der Waals surface area contributed by atoms with E-state index in [1.54, 1.807) is 19.0 Å². The normalized spacial score (nSPS) is 33.2. The molecule has 1 saturated heterocycles. The third kappa shape index (κ3) is 2.28. The van der Waals surface area contributed by atoms with Crippen molar-refractivity contribution >= 4 is 15.9 Å². The molecule has 2 rings (SSSR count). The van der Waals surface area contributed by atoms with Crippen LogP contribution in [0.3, 0.4) is 0 Å². The first-order valence-corrected chi connectivity index (χ1v) is 8.27. The summed E-state index contributed by atoms with van der Waals surface area (Å²) >= 11 is 0. The highest BCUT2D eigenvalue weighted by molar-refractivity contribution is 7.88. The van der Waals surface area contributed by atoms with Crippen LogP contribution in [0.15, 0.2) is 0 Å². The fraction of sp³-hybridized carbons (Fsp3) is 0.917. The van der Waals surface area contributed by atoms with E-state index < -0.39 is 10.0 Å². The topological polar surface area (TPSA) is 57.7 Å². The molecule has 0 bridgehead atoms. The van der Waals surface area contributed by atoms with Gasteiger partial charge in [0, 0.05) is 33.1 Å². The Morgan fingerprint density at radius 2 is 2.00 bits per heavy atom. The zero-order valence-corrected chi connectivity index (χ0v) is 12.2. The fourth-order valence-electron chi connectivity index (χ4n) is 3.46. The molecule has 2 fully saturated rings. The van der Waals surface area contributed by atoms with Gasteiger partial charge in [-0.1, -0.05) is 6.42 Å². The quantitative estimate of drug-likeness (QED) is 0.738. The largest absolute Gasteiger partial charge is 0.349 e. The summed E-state index contributed by atoms with van der Waals surface area (Å²) in [7, 11) is 0.424. The molecule has 6 heteroatoms. The Morgan fingerprint density at radius 1 is 1.33 bits per heavy atom. The number of carbonyl (C=O) groups is 1. The van der Waals surface area contributed by atoms with Crippen LogP contribution in [0.25, 0.3) is 0 Å². The average molecular weight is 274 g/mol. The Kier molecular flexibility index (Phi) is 3.44. The van der Waals surface area contributed by atoms with Gasteiger partial charge >= 0.3 is 0 Å². The van der Waals surface area contributed by atoms with Crippen molar-refractivity contribution in [3.63, 3.8) is 0 Å². The van der Waals surface area contributed by atoms with Gasteiger partial charge in [0.05, 0.1) is 6.26 Å². The van der Waals surface area contributed by atoms with Crippen LogP contribution >= 0.6 is 0 Å². The van der Waals surface area contributed by atoms with E-state index >= 15 is 0 Å². The first-order chi connectivity index (χ1) is 8.26. The summed E-state index contributed by atoms with van der Waals surface area (Å²) in [6.07, 6.45) is 4.98. The van der Waals surface area contributed by atoms with E-state index in [1.807, 2.05) is 0 Å². The Bertz CT molecular complexity index is 446. The van der Waals surface area contributed by atoms with Gasteiger partial charge in [0.15, 0.2) is 0 Å². The summed E-state index contributed by atoms with van der Waals surface area (Å²) in [6.45, 7) is 1.09. The molecule has 1 aliphatic heterocycles. The maximum atomic E-state index is 12.2. The van der Waals surface area contributed by atoms with Crippen LogP contribution in [0, 0.1) is 11.3 Å². The zero-order valence-electron chi connectivity index (χ0n) is 11.3. The van der Waals surface area contributed by atoms with Gasteiger partial charge in [0.1, 0.15) is 0 Å². The molecule has 0 unspecified atom stereocenters. The summed E-state index contributed by atoms with van der Waals surface area (Å²) in [5, 5.41) is 0. The molecule has 1 aliphatic carbocycles. The lowest BCUT2D eigenvalue weighted by Gasteiger charge is -2.31. The Morgan fingerprint density at radius 3 is 2.50 bits per heavy atom. The van der Waals surface area contributed by atoms with Gasteiger partial charge in [-0.2, -0.15) is 0 Å². The predicted octanol–water partition coefficient (Wildman–Crippen LogP) is 0.526. The molecule has 0 aromatic rings. The molecule has 5 nitrogen and oxygen atoms in total. The van der Waals surface area contributed by atoms with Gasteiger partial charge in [-0.3, -0.25) is 4.79 Å². The second-order valence-electron chi connectivity index (χ2n) is 5.89. The maximum Gasteiger partial charge on any atom is 0.225 e. The molecule has 1 amide bonds. The Hall–Kier alpha value is -0.620. The molecule has 1 saturated carbocycles. The summed E-state index contributed by atoms with van der Waals surface area (Å²) in [5.74, 6) is 0.155. The van der Waals surface area contributed by atoms with Crippen LogP contribution in [-0.2, 0) is 14.8 Å². The van der Waals surface area contributed by atoms with Gasteiger partial charge in [0.25, 0.3) is 0 Å². The second-order valence-corrected chi connectivity index (χ2v) is 7.87. The van der Waals surface area contributed by atoms with Crippen molar-refractivity contribution in [2.45, 2.75) is 25.7 Å². The number of nitrogens with zero attached hydrogens (tertiary/aromatic N) is 2. The lowest BCUT2D eigenvalue weighted by Crippen LogP contribution is -2.40. The first kappa shape index (κ1) is 13.8. The third-order valence-electron chi connectivity index (χ3n) is 4.46. The fourth-order valence-corrected chi connectivity index (χ4v) is 4.38. The number of hydrogen-bond acceptors (Lipinski definition) is 3. The summed E-state index contributed by atoms with van der Waals surface area (Å²) in [5.41, 5.74) is -0.107. The summed E-state index contributed by atoms with van der Waals surface area (Å²) in [4.78, 5) is 13.9. The van der Waals surface area contributed by atoms with Gasteiger partial charge in [0.2, 0.25) is 15.9 Å². The highest BCUT2D eigenvalue weighted by Crippen LogP contribution is 2.50. The second kappa shape index (κ2) is 4.49. The third-order valence-corrected chi connectivity index (χ3v) is 5.71. The van der Waals surface area contributed by atoms with Crippen LogP contribution in [0.2, 0.25) is 0 Å².